The maximum absolute atomic E-state index is 12.2. The Hall–Kier alpha value is -0.970. The molecule has 1 aliphatic heterocycles. The number of nitrogens with one attached hydrogen (secondary N) is 2. The van der Waals surface area contributed by atoms with Crippen molar-refractivity contribution in [2.24, 2.45) is 11.8 Å². The maximum atomic E-state index is 12.2. The summed E-state index contributed by atoms with van der Waals surface area (Å²) in [7, 11) is 0. The highest BCUT2D eigenvalue weighted by Crippen LogP contribution is 2.22. The molecule has 0 saturated carbocycles. The van der Waals surface area contributed by atoms with Crippen molar-refractivity contribution >= 4 is 36.4 Å². The third-order valence-corrected chi connectivity index (χ3v) is 5.10. The van der Waals surface area contributed by atoms with E-state index in [1.165, 1.54) is 24.1 Å². The second kappa shape index (κ2) is 13.2. The first kappa shape index (κ1) is 25.0. The molecule has 4 nitrogen and oxygen atoms in total. The summed E-state index contributed by atoms with van der Waals surface area (Å²) in [5.41, 5.74) is 2.50. The molecule has 1 aromatic rings. The van der Waals surface area contributed by atoms with Crippen LogP contribution in [0.4, 0.5) is 5.69 Å². The largest absolute Gasteiger partial charge is 0.370 e. The highest BCUT2D eigenvalue weighted by Gasteiger charge is 2.21. The second-order valence-corrected chi connectivity index (χ2v) is 7.06. The average Bonchev–Trinajstić information content (AvgIpc) is 2.59. The minimum absolute atomic E-state index is 0. The Morgan fingerprint density at radius 2 is 2.15 bits per heavy atom. The number of piperidine rings is 1. The predicted octanol–water partition coefficient (Wildman–Crippen LogP) is 3.81. The Morgan fingerprint density at radius 3 is 2.77 bits per heavy atom. The summed E-state index contributed by atoms with van der Waals surface area (Å²) in [6, 6.07) is 8.53. The van der Waals surface area contributed by atoms with Crippen LogP contribution in [0.3, 0.4) is 0 Å². The van der Waals surface area contributed by atoms with Crippen molar-refractivity contribution in [3.8, 4) is 0 Å². The van der Waals surface area contributed by atoms with Gasteiger partial charge in [0.05, 0.1) is 0 Å². The number of benzene rings is 1. The number of halogens is 2. The van der Waals surface area contributed by atoms with Crippen molar-refractivity contribution in [3.63, 3.8) is 0 Å². The molecule has 26 heavy (non-hydrogen) atoms. The molecule has 1 aromatic carbocycles. The minimum atomic E-state index is 0. The van der Waals surface area contributed by atoms with Gasteiger partial charge in [0.15, 0.2) is 0 Å². The van der Waals surface area contributed by atoms with Crippen LogP contribution >= 0.6 is 24.8 Å². The molecule has 1 saturated heterocycles. The second-order valence-electron chi connectivity index (χ2n) is 7.06. The Morgan fingerprint density at radius 1 is 1.38 bits per heavy atom. The Kier molecular flexibility index (Phi) is 12.7. The lowest BCUT2D eigenvalue weighted by Gasteiger charge is -2.28. The summed E-state index contributed by atoms with van der Waals surface area (Å²) in [6.07, 6.45) is 3.12. The summed E-state index contributed by atoms with van der Waals surface area (Å²) >= 11 is 0. The summed E-state index contributed by atoms with van der Waals surface area (Å²) < 4.78 is 0. The highest BCUT2D eigenvalue weighted by atomic mass is 35.5. The van der Waals surface area contributed by atoms with Crippen molar-refractivity contribution in [2.45, 2.75) is 40.0 Å². The van der Waals surface area contributed by atoms with Crippen LogP contribution in [0.1, 0.15) is 38.7 Å². The van der Waals surface area contributed by atoms with Crippen LogP contribution in [-0.4, -0.2) is 38.6 Å². The molecule has 1 heterocycles. The Bertz CT molecular complexity index is 522. The van der Waals surface area contributed by atoms with E-state index in [1.54, 1.807) is 0 Å². The smallest absolute Gasteiger partial charge is 0.220 e. The summed E-state index contributed by atoms with van der Waals surface area (Å²) in [4.78, 5) is 14.5. The Labute approximate surface area is 171 Å². The summed E-state index contributed by atoms with van der Waals surface area (Å²) in [6.45, 7) is 11.2. The molecule has 0 bridgehead atoms. The van der Waals surface area contributed by atoms with Crippen LogP contribution in [0.25, 0.3) is 0 Å². The van der Waals surface area contributed by atoms with Crippen LogP contribution in [0.2, 0.25) is 0 Å². The van der Waals surface area contributed by atoms with Crippen molar-refractivity contribution in [3.05, 3.63) is 29.8 Å². The van der Waals surface area contributed by atoms with Gasteiger partial charge in [0.25, 0.3) is 0 Å². The first-order valence-electron chi connectivity index (χ1n) is 9.39. The summed E-state index contributed by atoms with van der Waals surface area (Å²) in [5.74, 6) is 1.29. The SMILES string of the molecule is CCN(CCNC(=O)CC(C)C1CCCNC1)c1cccc(C)c1.Cl.Cl. The molecule has 1 amide bonds. The Balaban J connectivity index is 0.00000312. The number of hydrogen-bond acceptors (Lipinski definition) is 3. The zero-order valence-electron chi connectivity index (χ0n) is 16.3. The number of likely N-dealkylation sites (N-methyl/N-ethyl adjacent to an activating group) is 1. The van der Waals surface area contributed by atoms with E-state index in [4.69, 9.17) is 0 Å². The third-order valence-electron chi connectivity index (χ3n) is 5.10. The summed E-state index contributed by atoms with van der Waals surface area (Å²) in [5, 5.41) is 6.54. The van der Waals surface area contributed by atoms with Gasteiger partial charge in [-0.3, -0.25) is 4.79 Å². The number of nitrogens with zero attached hydrogens (tertiary/aromatic N) is 1. The van der Waals surface area contributed by atoms with Crippen LogP contribution in [0.5, 0.6) is 0 Å². The lowest BCUT2D eigenvalue weighted by Crippen LogP contribution is -2.38. The van der Waals surface area contributed by atoms with E-state index in [2.05, 4.69) is 60.6 Å². The molecule has 2 atom stereocenters. The van der Waals surface area contributed by atoms with Gasteiger partial charge in [-0.15, -0.1) is 24.8 Å². The molecule has 0 aliphatic carbocycles. The van der Waals surface area contributed by atoms with Crippen molar-refractivity contribution in [1.82, 2.24) is 10.6 Å². The number of carbonyl (C=O) groups is 1. The van der Waals surface area contributed by atoms with Crippen LogP contribution in [0.15, 0.2) is 24.3 Å². The van der Waals surface area contributed by atoms with Gasteiger partial charge in [0.2, 0.25) is 5.91 Å². The van der Waals surface area contributed by atoms with E-state index >= 15 is 0 Å². The average molecular weight is 404 g/mol. The van der Waals surface area contributed by atoms with Gasteiger partial charge in [0, 0.05) is 31.7 Å². The number of hydrogen-bond donors (Lipinski definition) is 2. The van der Waals surface area contributed by atoms with Gasteiger partial charge in [-0.25, -0.2) is 0 Å². The number of amides is 1. The molecule has 0 aromatic heterocycles. The number of rotatable bonds is 8. The van der Waals surface area contributed by atoms with E-state index in [0.717, 1.165) is 26.2 Å². The fourth-order valence-corrected chi connectivity index (χ4v) is 3.52. The fraction of sp³-hybridized carbons (Fsp3) is 0.650. The first-order valence-corrected chi connectivity index (χ1v) is 9.39. The molecule has 6 heteroatoms. The zero-order chi connectivity index (χ0) is 17.4. The van der Waals surface area contributed by atoms with E-state index < -0.39 is 0 Å². The molecule has 1 fully saturated rings. The number of carbonyl (C=O) groups excluding carboxylic acids is 1. The van der Waals surface area contributed by atoms with E-state index in [-0.39, 0.29) is 30.7 Å². The molecule has 2 unspecified atom stereocenters. The number of anilines is 1. The van der Waals surface area contributed by atoms with Gasteiger partial charge < -0.3 is 15.5 Å². The van der Waals surface area contributed by atoms with Crippen molar-refractivity contribution in [1.29, 1.82) is 0 Å². The highest BCUT2D eigenvalue weighted by molar-refractivity contribution is 5.85. The van der Waals surface area contributed by atoms with Gasteiger partial charge in [0.1, 0.15) is 0 Å². The van der Waals surface area contributed by atoms with E-state index in [9.17, 15) is 4.79 Å². The molecule has 2 N–H and O–H groups in total. The van der Waals surface area contributed by atoms with Crippen LogP contribution < -0.4 is 15.5 Å². The van der Waals surface area contributed by atoms with E-state index in [0.29, 0.717) is 24.8 Å². The molecule has 2 rings (SSSR count). The monoisotopic (exact) mass is 403 g/mol. The minimum Gasteiger partial charge on any atom is -0.370 e. The normalized spacial score (nSPS) is 17.4. The topological polar surface area (TPSA) is 44.4 Å². The van der Waals surface area contributed by atoms with Gasteiger partial charge in [-0.1, -0.05) is 19.1 Å². The predicted molar refractivity (Wildman–Crippen MR) is 116 cm³/mol. The van der Waals surface area contributed by atoms with Crippen molar-refractivity contribution < 1.29 is 4.79 Å². The van der Waals surface area contributed by atoms with Crippen molar-refractivity contribution in [2.75, 3.05) is 37.6 Å². The molecule has 150 valence electrons. The van der Waals surface area contributed by atoms with Gasteiger partial charge in [-0.2, -0.15) is 0 Å². The lowest BCUT2D eigenvalue weighted by molar-refractivity contribution is -0.122. The quantitative estimate of drug-likeness (QED) is 0.693. The molecular weight excluding hydrogens is 369 g/mol. The molecule has 0 radical (unpaired) electrons. The lowest BCUT2D eigenvalue weighted by atomic mass is 9.85. The third kappa shape index (κ3) is 8.15. The molecule has 0 spiro atoms. The maximum Gasteiger partial charge on any atom is 0.220 e. The molecule has 1 aliphatic rings. The van der Waals surface area contributed by atoms with Gasteiger partial charge >= 0.3 is 0 Å². The first-order chi connectivity index (χ1) is 11.6. The van der Waals surface area contributed by atoms with Crippen LogP contribution in [0, 0.1) is 18.8 Å². The number of aryl methyl sites for hydroxylation is 1. The van der Waals surface area contributed by atoms with E-state index in [1.807, 2.05) is 0 Å². The van der Waals surface area contributed by atoms with Gasteiger partial charge in [-0.05, 0) is 69.3 Å². The standard InChI is InChI=1S/C20H33N3O.2ClH/c1-4-23(19-9-5-7-16(2)13-19)12-11-22-20(24)14-17(3)18-8-6-10-21-15-18;;/h5,7,9,13,17-18,21H,4,6,8,10-12,14-15H2,1-3H3,(H,22,24);2*1H. The zero-order valence-corrected chi connectivity index (χ0v) is 17.9. The molecular formula is C20H35Cl2N3O. The fourth-order valence-electron chi connectivity index (χ4n) is 3.52. The van der Waals surface area contributed by atoms with Crippen LogP contribution in [-0.2, 0) is 4.79 Å².